The number of halogens is 1. The number of fused-ring (bicyclic) bond motifs is 5. The molecule has 0 amide bonds. The molecule has 3 heteroatoms. The molecule has 0 unspecified atom stereocenters. The molecule has 0 aliphatic heterocycles. The van der Waals surface area contributed by atoms with Crippen molar-refractivity contribution >= 4 is 22.5 Å². The van der Waals surface area contributed by atoms with Gasteiger partial charge in [-0.05, 0) is 35.3 Å². The lowest BCUT2D eigenvalue weighted by Crippen LogP contribution is -2.50. The molecule has 1 saturated carbocycles. The lowest BCUT2D eigenvalue weighted by molar-refractivity contribution is 0.144. The normalized spacial score (nSPS) is 37.2. The third-order valence-electron chi connectivity index (χ3n) is 6.92. The summed E-state index contributed by atoms with van der Waals surface area (Å²) in [5.41, 5.74) is 3.99. The Labute approximate surface area is 149 Å². The summed E-state index contributed by atoms with van der Waals surface area (Å²) < 4.78 is 0. The number of benzene rings is 1. The van der Waals surface area contributed by atoms with Crippen LogP contribution in [-0.4, -0.2) is 23.5 Å². The summed E-state index contributed by atoms with van der Waals surface area (Å²) in [6.45, 7) is 11.1. The summed E-state index contributed by atoms with van der Waals surface area (Å²) >= 11 is 6.88. The summed E-state index contributed by atoms with van der Waals surface area (Å²) in [6, 6.07) is 8.82. The topological polar surface area (TPSA) is 29.9 Å². The molecular formula is C21H26ClN2-. The quantitative estimate of drug-likeness (QED) is 0.533. The van der Waals surface area contributed by atoms with E-state index in [1.54, 1.807) is 0 Å². The van der Waals surface area contributed by atoms with Crippen LogP contribution in [0.3, 0.4) is 0 Å². The Balaban J connectivity index is 1.98. The number of aromatic amines is 1. The van der Waals surface area contributed by atoms with Crippen LogP contribution in [0.1, 0.15) is 44.4 Å². The van der Waals surface area contributed by atoms with Gasteiger partial charge in [0.25, 0.3) is 0 Å². The van der Waals surface area contributed by atoms with Crippen LogP contribution in [0.4, 0.5) is 0 Å². The number of hydrogen-bond donors (Lipinski definition) is 1. The highest BCUT2D eigenvalue weighted by atomic mass is 35.5. The Kier molecular flexibility index (Phi) is 3.47. The van der Waals surface area contributed by atoms with Gasteiger partial charge in [-0.3, -0.25) is 0 Å². The van der Waals surface area contributed by atoms with Crippen molar-refractivity contribution in [1.82, 2.24) is 4.98 Å². The molecule has 2 aliphatic rings. The van der Waals surface area contributed by atoms with E-state index in [1.807, 2.05) is 13.1 Å². The van der Waals surface area contributed by atoms with Crippen molar-refractivity contribution in [3.05, 3.63) is 53.5 Å². The fourth-order valence-electron chi connectivity index (χ4n) is 5.41. The first-order valence-corrected chi connectivity index (χ1v) is 9.27. The molecule has 5 atom stereocenters. The van der Waals surface area contributed by atoms with Crippen LogP contribution in [0.25, 0.3) is 16.2 Å². The second-order valence-electron chi connectivity index (χ2n) is 8.29. The molecule has 1 fully saturated rings. The maximum Gasteiger partial charge on any atom is 0.0459 e. The molecule has 0 bridgehead atoms. The minimum Gasteiger partial charge on any atom is -0.661 e. The Morgan fingerprint density at radius 3 is 2.67 bits per heavy atom. The Bertz CT molecular complexity index is 805. The van der Waals surface area contributed by atoms with E-state index in [0.29, 0.717) is 11.8 Å². The van der Waals surface area contributed by atoms with Crippen molar-refractivity contribution < 1.29 is 0 Å². The van der Waals surface area contributed by atoms with E-state index in [-0.39, 0.29) is 22.2 Å². The summed E-state index contributed by atoms with van der Waals surface area (Å²) in [5, 5.41) is 6.26. The number of H-pyrrole nitrogens is 1. The largest absolute Gasteiger partial charge is 0.661 e. The number of likely N-dealkylation sites (N-methyl/N-ethyl adjacent to an activating group) is 1. The van der Waals surface area contributed by atoms with E-state index in [2.05, 4.69) is 56.6 Å². The monoisotopic (exact) mass is 341 g/mol. The number of alkyl halides is 1. The van der Waals surface area contributed by atoms with Crippen molar-refractivity contribution in [3.63, 3.8) is 0 Å². The minimum absolute atomic E-state index is 0.0690. The lowest BCUT2D eigenvalue weighted by atomic mass is 9.59. The summed E-state index contributed by atoms with van der Waals surface area (Å²) in [4.78, 5) is 3.72. The molecule has 1 N–H and O–H groups in total. The van der Waals surface area contributed by atoms with Crippen molar-refractivity contribution in [2.45, 2.75) is 49.9 Å². The van der Waals surface area contributed by atoms with Crippen molar-refractivity contribution in [2.24, 2.45) is 11.3 Å². The van der Waals surface area contributed by atoms with Crippen LogP contribution in [-0.2, 0) is 5.41 Å². The molecule has 0 saturated heterocycles. The Morgan fingerprint density at radius 1 is 1.29 bits per heavy atom. The fourth-order valence-corrected chi connectivity index (χ4v) is 5.82. The van der Waals surface area contributed by atoms with Gasteiger partial charge in [-0.1, -0.05) is 45.0 Å². The van der Waals surface area contributed by atoms with Gasteiger partial charge in [0.1, 0.15) is 0 Å². The first-order chi connectivity index (χ1) is 11.4. The van der Waals surface area contributed by atoms with Crippen LogP contribution in [0.2, 0.25) is 0 Å². The zero-order valence-corrected chi connectivity index (χ0v) is 15.7. The standard InChI is InChI=1S/C21H26ClN2/c1-6-21(4)15(22)11-13-17(19(21)23-5)16-12-9-7-8-10-14(12)24-18(16)20(13,2)3/h6-10,13,15,17,19,24H,1,11H2,2-5H3/q-1/t13-,15+,17-,19+,21+/m0/s1. The SMILES string of the molecule is C=C[C@]1(C)[C@H](Cl)C[C@H]2[C@@H](c3c([nH]c4ccccc34)C2(C)C)[C@H]1[N-]C. The van der Waals surface area contributed by atoms with E-state index >= 15 is 0 Å². The van der Waals surface area contributed by atoms with Crippen molar-refractivity contribution in [2.75, 3.05) is 7.05 Å². The van der Waals surface area contributed by atoms with Gasteiger partial charge in [-0.2, -0.15) is 7.05 Å². The molecule has 2 aliphatic carbocycles. The first-order valence-electron chi connectivity index (χ1n) is 8.84. The highest BCUT2D eigenvalue weighted by molar-refractivity contribution is 6.21. The third kappa shape index (κ3) is 1.82. The number of nitrogens with zero attached hydrogens (tertiary/aromatic N) is 1. The van der Waals surface area contributed by atoms with Gasteiger partial charge in [-0.15, -0.1) is 24.2 Å². The highest BCUT2D eigenvalue weighted by Gasteiger charge is 2.56. The van der Waals surface area contributed by atoms with E-state index < -0.39 is 0 Å². The molecule has 24 heavy (non-hydrogen) atoms. The maximum absolute atomic E-state index is 6.88. The highest BCUT2D eigenvalue weighted by Crippen LogP contribution is 2.63. The summed E-state index contributed by atoms with van der Waals surface area (Å²) in [5.74, 6) is 0.904. The third-order valence-corrected chi connectivity index (χ3v) is 7.56. The van der Waals surface area contributed by atoms with Gasteiger partial charge in [0, 0.05) is 27.4 Å². The van der Waals surface area contributed by atoms with Crippen molar-refractivity contribution in [3.8, 4) is 0 Å². The maximum atomic E-state index is 6.88. The number of para-hydroxylation sites is 1. The molecule has 0 spiro atoms. The molecular weight excluding hydrogens is 316 g/mol. The molecule has 1 aromatic heterocycles. The molecule has 1 aromatic carbocycles. The fraction of sp³-hybridized carbons (Fsp3) is 0.524. The summed E-state index contributed by atoms with van der Waals surface area (Å²) in [6.07, 6.45) is 3.04. The van der Waals surface area contributed by atoms with E-state index in [4.69, 9.17) is 16.9 Å². The first kappa shape index (κ1) is 16.2. The molecule has 4 rings (SSSR count). The average molecular weight is 342 g/mol. The smallest absolute Gasteiger partial charge is 0.0459 e. The molecule has 2 nitrogen and oxygen atoms in total. The second kappa shape index (κ2) is 5.12. The molecule has 2 aromatic rings. The minimum atomic E-state index is -0.173. The Hall–Kier alpha value is -1.25. The zero-order valence-electron chi connectivity index (χ0n) is 14.9. The van der Waals surface area contributed by atoms with Gasteiger partial charge in [0.2, 0.25) is 0 Å². The van der Waals surface area contributed by atoms with E-state index in [9.17, 15) is 0 Å². The van der Waals surface area contributed by atoms with Gasteiger partial charge in [0.15, 0.2) is 0 Å². The zero-order chi connectivity index (χ0) is 17.3. The molecule has 128 valence electrons. The van der Waals surface area contributed by atoms with Crippen LogP contribution in [0, 0.1) is 11.3 Å². The van der Waals surface area contributed by atoms with Crippen LogP contribution in [0.15, 0.2) is 36.9 Å². The van der Waals surface area contributed by atoms with Crippen LogP contribution >= 0.6 is 11.6 Å². The second-order valence-corrected chi connectivity index (χ2v) is 8.82. The number of aromatic nitrogens is 1. The predicted octanol–water partition coefficient (Wildman–Crippen LogP) is 5.73. The van der Waals surface area contributed by atoms with Gasteiger partial charge in [0.05, 0.1) is 0 Å². The van der Waals surface area contributed by atoms with Crippen molar-refractivity contribution in [1.29, 1.82) is 0 Å². The number of rotatable bonds is 2. The lowest BCUT2D eigenvalue weighted by Gasteiger charge is -2.57. The molecule has 1 heterocycles. The van der Waals surface area contributed by atoms with Crippen LogP contribution < -0.4 is 0 Å². The van der Waals surface area contributed by atoms with Gasteiger partial charge >= 0.3 is 0 Å². The molecule has 0 radical (unpaired) electrons. The predicted molar refractivity (Wildman–Crippen MR) is 103 cm³/mol. The van der Waals surface area contributed by atoms with Gasteiger partial charge < -0.3 is 10.3 Å². The van der Waals surface area contributed by atoms with E-state index in [0.717, 1.165) is 6.42 Å². The average Bonchev–Trinajstić information content (AvgIpc) is 3.04. The Morgan fingerprint density at radius 2 is 2.00 bits per heavy atom. The van der Waals surface area contributed by atoms with Crippen LogP contribution in [0.5, 0.6) is 0 Å². The van der Waals surface area contributed by atoms with E-state index in [1.165, 1.54) is 22.2 Å². The number of hydrogen-bond acceptors (Lipinski definition) is 0. The summed E-state index contributed by atoms with van der Waals surface area (Å²) in [7, 11) is 1.94. The number of nitrogens with one attached hydrogen (secondary N) is 1. The van der Waals surface area contributed by atoms with Gasteiger partial charge in [-0.25, -0.2) is 0 Å².